The minimum absolute atomic E-state index is 0.132. The summed E-state index contributed by atoms with van der Waals surface area (Å²) in [6.45, 7) is 8.27. The molecule has 124 valence electrons. The lowest BCUT2D eigenvalue weighted by atomic mass is 10.2. The fraction of sp³-hybridized carbons (Fsp3) is 0.588. The number of nitrogens with one attached hydrogen (secondary N) is 2. The smallest absolute Gasteiger partial charge is 0.319 e. The van der Waals surface area contributed by atoms with Crippen LogP contribution in [0.1, 0.15) is 39.5 Å². The van der Waals surface area contributed by atoms with Crippen molar-refractivity contribution in [1.29, 1.82) is 0 Å². The Bertz CT molecular complexity index is 432. The van der Waals surface area contributed by atoms with Crippen molar-refractivity contribution in [2.75, 3.05) is 31.5 Å². The van der Waals surface area contributed by atoms with E-state index in [0.29, 0.717) is 6.54 Å². The van der Waals surface area contributed by atoms with Crippen molar-refractivity contribution in [1.82, 2.24) is 10.2 Å². The largest absolute Gasteiger partial charge is 0.337 e. The number of nitrogens with zero attached hydrogens (tertiary/aromatic N) is 1. The van der Waals surface area contributed by atoms with Crippen molar-refractivity contribution in [3.63, 3.8) is 0 Å². The van der Waals surface area contributed by atoms with E-state index in [-0.39, 0.29) is 6.03 Å². The molecule has 1 rings (SSSR count). The van der Waals surface area contributed by atoms with Gasteiger partial charge in [0, 0.05) is 22.3 Å². The maximum atomic E-state index is 11.9. The van der Waals surface area contributed by atoms with E-state index in [2.05, 4.69) is 52.0 Å². The highest BCUT2D eigenvalue weighted by Crippen LogP contribution is 2.11. The van der Waals surface area contributed by atoms with Crippen LogP contribution in [-0.4, -0.2) is 37.1 Å². The molecule has 0 radical (unpaired) electrons. The number of unbranched alkanes of at least 4 members (excludes halogenated alkanes) is 2. The summed E-state index contributed by atoms with van der Waals surface area (Å²) in [6.07, 6.45) is 4.86. The molecule has 0 unspecified atom stereocenters. The average Bonchev–Trinajstić information content (AvgIpc) is 2.49. The molecule has 0 spiro atoms. The third-order valence-corrected chi connectivity index (χ3v) is 4.12. The van der Waals surface area contributed by atoms with Crippen LogP contribution in [0.25, 0.3) is 0 Å². The third kappa shape index (κ3) is 8.58. The molecule has 0 saturated carbocycles. The molecule has 1 aromatic carbocycles. The Morgan fingerprint density at radius 3 is 2.41 bits per heavy atom. The van der Waals surface area contributed by atoms with E-state index in [1.54, 1.807) is 0 Å². The summed E-state index contributed by atoms with van der Waals surface area (Å²) in [7, 11) is 0. The maximum Gasteiger partial charge on any atom is 0.319 e. The summed E-state index contributed by atoms with van der Waals surface area (Å²) >= 11 is 2.24. The van der Waals surface area contributed by atoms with Crippen LogP contribution in [0, 0.1) is 3.57 Å². The molecule has 5 heteroatoms. The van der Waals surface area contributed by atoms with Gasteiger partial charge in [0.05, 0.1) is 0 Å². The summed E-state index contributed by atoms with van der Waals surface area (Å²) in [4.78, 5) is 14.3. The van der Waals surface area contributed by atoms with Gasteiger partial charge in [-0.15, -0.1) is 0 Å². The number of rotatable bonds is 10. The number of amides is 2. The Kier molecular flexibility index (Phi) is 10.2. The lowest BCUT2D eigenvalue weighted by Crippen LogP contribution is -2.37. The van der Waals surface area contributed by atoms with Crippen LogP contribution < -0.4 is 10.6 Å². The molecule has 4 nitrogen and oxygen atoms in total. The first-order valence-electron chi connectivity index (χ1n) is 8.18. The minimum Gasteiger partial charge on any atom is -0.337 e. The van der Waals surface area contributed by atoms with Gasteiger partial charge in [-0.2, -0.15) is 0 Å². The van der Waals surface area contributed by atoms with E-state index in [1.807, 2.05) is 24.3 Å². The first-order chi connectivity index (χ1) is 10.7. The highest BCUT2D eigenvalue weighted by atomic mass is 127. The average molecular weight is 417 g/mol. The molecule has 2 amide bonds. The number of carbonyl (C=O) groups is 1. The monoisotopic (exact) mass is 417 g/mol. The van der Waals surface area contributed by atoms with Crippen molar-refractivity contribution in [3.8, 4) is 0 Å². The van der Waals surface area contributed by atoms with Crippen LogP contribution in [0.4, 0.5) is 10.5 Å². The topological polar surface area (TPSA) is 44.4 Å². The Hall–Kier alpha value is -0.820. The van der Waals surface area contributed by atoms with Gasteiger partial charge in [0.1, 0.15) is 0 Å². The van der Waals surface area contributed by atoms with Crippen molar-refractivity contribution in [2.24, 2.45) is 0 Å². The Labute approximate surface area is 148 Å². The summed E-state index contributed by atoms with van der Waals surface area (Å²) in [5, 5.41) is 5.81. The van der Waals surface area contributed by atoms with Gasteiger partial charge < -0.3 is 15.5 Å². The van der Waals surface area contributed by atoms with Crippen molar-refractivity contribution >= 4 is 34.3 Å². The highest BCUT2D eigenvalue weighted by molar-refractivity contribution is 14.1. The van der Waals surface area contributed by atoms with E-state index in [0.717, 1.165) is 28.9 Å². The van der Waals surface area contributed by atoms with Gasteiger partial charge in [0.2, 0.25) is 0 Å². The van der Waals surface area contributed by atoms with Gasteiger partial charge >= 0.3 is 6.03 Å². The van der Waals surface area contributed by atoms with E-state index in [4.69, 9.17) is 0 Å². The molecule has 0 aromatic heterocycles. The molecule has 0 saturated heterocycles. The fourth-order valence-corrected chi connectivity index (χ4v) is 2.71. The van der Waals surface area contributed by atoms with E-state index >= 15 is 0 Å². The molecule has 0 aliphatic carbocycles. The molecular formula is C17H28IN3O. The quantitative estimate of drug-likeness (QED) is 0.557. The van der Waals surface area contributed by atoms with E-state index in [1.165, 1.54) is 25.7 Å². The molecule has 1 aromatic rings. The lowest BCUT2D eigenvalue weighted by Gasteiger charge is -2.22. The minimum atomic E-state index is -0.132. The van der Waals surface area contributed by atoms with Gasteiger partial charge in [0.15, 0.2) is 0 Å². The van der Waals surface area contributed by atoms with Crippen LogP contribution in [-0.2, 0) is 0 Å². The summed E-state index contributed by atoms with van der Waals surface area (Å²) in [5.74, 6) is 0. The Morgan fingerprint density at radius 2 is 1.82 bits per heavy atom. The van der Waals surface area contributed by atoms with Crippen LogP contribution in [0.15, 0.2) is 24.3 Å². The molecule has 0 aliphatic heterocycles. The molecule has 22 heavy (non-hydrogen) atoms. The van der Waals surface area contributed by atoms with E-state index in [9.17, 15) is 4.79 Å². The first kappa shape index (κ1) is 19.2. The maximum absolute atomic E-state index is 11.9. The zero-order valence-electron chi connectivity index (χ0n) is 13.7. The number of halogens is 1. The number of carbonyl (C=O) groups excluding carboxylic acids is 1. The van der Waals surface area contributed by atoms with Gasteiger partial charge in [-0.1, -0.05) is 32.8 Å². The van der Waals surface area contributed by atoms with Gasteiger partial charge in [-0.3, -0.25) is 0 Å². The highest BCUT2D eigenvalue weighted by Gasteiger charge is 2.05. The van der Waals surface area contributed by atoms with Crippen LogP contribution in [0.5, 0.6) is 0 Å². The predicted octanol–water partition coefficient (Wildman–Crippen LogP) is 4.31. The number of benzene rings is 1. The first-order valence-corrected chi connectivity index (χ1v) is 9.26. The molecule has 0 heterocycles. The van der Waals surface area contributed by atoms with Crippen molar-refractivity contribution < 1.29 is 4.79 Å². The number of urea groups is 1. The number of hydrogen-bond donors (Lipinski definition) is 2. The molecule has 0 bridgehead atoms. The second-order valence-electron chi connectivity index (χ2n) is 5.44. The van der Waals surface area contributed by atoms with Crippen LogP contribution >= 0.6 is 22.6 Å². The Morgan fingerprint density at radius 1 is 1.14 bits per heavy atom. The molecule has 0 fully saturated rings. The van der Waals surface area contributed by atoms with Crippen LogP contribution in [0.3, 0.4) is 0 Å². The normalized spacial score (nSPS) is 10.7. The molecule has 0 aliphatic rings. The van der Waals surface area contributed by atoms with Crippen LogP contribution in [0.2, 0.25) is 0 Å². The molecule has 2 N–H and O–H groups in total. The predicted molar refractivity (Wildman–Crippen MR) is 102 cm³/mol. The number of hydrogen-bond acceptors (Lipinski definition) is 2. The third-order valence-electron chi connectivity index (χ3n) is 3.45. The zero-order valence-corrected chi connectivity index (χ0v) is 15.9. The van der Waals surface area contributed by atoms with E-state index < -0.39 is 0 Å². The lowest BCUT2D eigenvalue weighted by molar-refractivity contribution is 0.243. The zero-order chi connectivity index (χ0) is 16.2. The molecule has 0 atom stereocenters. The summed E-state index contributed by atoms with van der Waals surface area (Å²) in [5.41, 5.74) is 0.832. The second-order valence-corrected chi connectivity index (χ2v) is 6.69. The van der Waals surface area contributed by atoms with Crippen molar-refractivity contribution in [2.45, 2.75) is 39.5 Å². The summed E-state index contributed by atoms with van der Waals surface area (Å²) < 4.78 is 1.11. The second kappa shape index (κ2) is 11.7. The van der Waals surface area contributed by atoms with Crippen molar-refractivity contribution in [3.05, 3.63) is 27.8 Å². The molecular weight excluding hydrogens is 389 g/mol. The SMILES string of the molecule is CCCCN(CCCC)CCNC(=O)Nc1cccc(I)c1. The van der Waals surface area contributed by atoms with Gasteiger partial charge in [-0.25, -0.2) is 4.79 Å². The Balaban J connectivity index is 2.29. The summed E-state index contributed by atoms with van der Waals surface area (Å²) in [6, 6.07) is 7.66. The number of anilines is 1. The van der Waals surface area contributed by atoms with Gasteiger partial charge in [0.25, 0.3) is 0 Å². The van der Waals surface area contributed by atoms with Gasteiger partial charge in [-0.05, 0) is 66.7 Å². The fourth-order valence-electron chi connectivity index (χ4n) is 2.17. The standard InChI is InChI=1S/C17H28IN3O/c1-3-5-11-21(12-6-4-2)13-10-19-17(22)20-16-9-7-8-15(18)14-16/h7-9,14H,3-6,10-13H2,1-2H3,(H2,19,20,22).